The first-order valence-corrected chi connectivity index (χ1v) is 8.41. The maximum absolute atomic E-state index is 12.2. The first-order valence-electron chi connectivity index (χ1n) is 7.65. The molecule has 0 bridgehead atoms. The van der Waals surface area contributed by atoms with Crippen LogP contribution in [0, 0.1) is 0 Å². The fourth-order valence-electron chi connectivity index (χ4n) is 2.16. The third kappa shape index (κ3) is 5.00. The second-order valence-corrected chi connectivity index (χ2v) is 6.43. The van der Waals surface area contributed by atoms with Crippen molar-refractivity contribution in [3.63, 3.8) is 0 Å². The number of hydrogen-bond donors (Lipinski definition) is 1. The van der Waals surface area contributed by atoms with Crippen LogP contribution in [0.1, 0.15) is 15.9 Å². The van der Waals surface area contributed by atoms with Gasteiger partial charge in [0.25, 0.3) is 5.91 Å². The molecule has 136 valence electrons. The van der Waals surface area contributed by atoms with Gasteiger partial charge in [-0.3, -0.25) is 9.59 Å². The predicted octanol–water partition coefficient (Wildman–Crippen LogP) is 4.36. The smallest absolute Gasteiger partial charge is 0.253 e. The molecule has 0 atom stereocenters. The topological polar surface area (TPSA) is 58.6 Å². The van der Waals surface area contributed by atoms with E-state index in [9.17, 15) is 9.59 Å². The van der Waals surface area contributed by atoms with Crippen molar-refractivity contribution in [2.45, 2.75) is 0 Å². The third-order valence-electron chi connectivity index (χ3n) is 3.48. The molecule has 0 saturated heterocycles. The van der Waals surface area contributed by atoms with Crippen molar-refractivity contribution >= 4 is 46.8 Å². The molecule has 5 nitrogen and oxygen atoms in total. The molecule has 0 aliphatic rings. The van der Waals surface area contributed by atoms with Gasteiger partial charge < -0.3 is 15.0 Å². The van der Waals surface area contributed by atoms with Gasteiger partial charge in [-0.05, 0) is 42.0 Å². The molecule has 0 aliphatic carbocycles. The number of carbonyl (C=O) groups is 2. The summed E-state index contributed by atoms with van der Waals surface area (Å²) < 4.78 is 5.24. The average molecular weight is 393 g/mol. The first kappa shape index (κ1) is 19.8. The number of halogens is 2. The number of carbonyl (C=O) groups excluding carboxylic acids is 2. The zero-order valence-electron chi connectivity index (χ0n) is 14.5. The molecule has 0 fully saturated rings. The van der Waals surface area contributed by atoms with Crippen LogP contribution in [-0.2, 0) is 4.79 Å². The van der Waals surface area contributed by atoms with Gasteiger partial charge in [-0.2, -0.15) is 0 Å². The molecule has 0 aliphatic heterocycles. The summed E-state index contributed by atoms with van der Waals surface area (Å²) in [4.78, 5) is 25.8. The zero-order chi connectivity index (χ0) is 19.3. The lowest BCUT2D eigenvalue weighted by Gasteiger charge is -2.14. The highest BCUT2D eigenvalue weighted by Gasteiger charge is 2.13. The van der Waals surface area contributed by atoms with Gasteiger partial charge in [0.15, 0.2) is 0 Å². The Morgan fingerprint density at radius 3 is 2.42 bits per heavy atom. The summed E-state index contributed by atoms with van der Waals surface area (Å²) in [5.74, 6) is -0.0880. The highest BCUT2D eigenvalue weighted by atomic mass is 35.5. The second-order valence-electron chi connectivity index (χ2n) is 5.61. The standard InChI is InChI=1S/C19H18Cl2N2O3/c1-23(2)19(25)13-6-8-17(26-3)16(11-13)22-18(24)9-5-12-4-7-14(20)15(21)10-12/h4-11H,1-3H3,(H,22,24)/b9-5+. The van der Waals surface area contributed by atoms with E-state index in [1.54, 1.807) is 56.6 Å². The quantitative estimate of drug-likeness (QED) is 0.769. The summed E-state index contributed by atoms with van der Waals surface area (Å²) in [6, 6.07) is 9.91. The largest absolute Gasteiger partial charge is 0.495 e. The van der Waals surface area contributed by atoms with E-state index < -0.39 is 0 Å². The Balaban J connectivity index is 2.19. The van der Waals surface area contributed by atoms with Crippen LogP contribution in [0.3, 0.4) is 0 Å². The Kier molecular flexibility index (Phi) is 6.66. The monoisotopic (exact) mass is 392 g/mol. The summed E-state index contributed by atoms with van der Waals surface area (Å²) >= 11 is 11.8. The summed E-state index contributed by atoms with van der Waals surface area (Å²) in [7, 11) is 4.81. The summed E-state index contributed by atoms with van der Waals surface area (Å²) in [5.41, 5.74) is 1.58. The van der Waals surface area contributed by atoms with Crippen LogP contribution in [0.15, 0.2) is 42.5 Å². The molecule has 2 rings (SSSR count). The second kappa shape index (κ2) is 8.74. The lowest BCUT2D eigenvalue weighted by molar-refractivity contribution is -0.111. The molecule has 2 amide bonds. The molecule has 7 heteroatoms. The normalized spacial score (nSPS) is 10.7. The molecule has 2 aromatic carbocycles. The van der Waals surface area contributed by atoms with Crippen LogP contribution in [-0.4, -0.2) is 37.9 Å². The fraction of sp³-hybridized carbons (Fsp3) is 0.158. The van der Waals surface area contributed by atoms with Crippen molar-refractivity contribution in [2.75, 3.05) is 26.5 Å². The Morgan fingerprint density at radius 2 is 1.81 bits per heavy atom. The van der Waals surface area contributed by atoms with Gasteiger partial charge in [-0.1, -0.05) is 29.3 Å². The lowest BCUT2D eigenvalue weighted by atomic mass is 10.1. The number of hydrogen-bond acceptors (Lipinski definition) is 3. The van der Waals surface area contributed by atoms with E-state index in [1.165, 1.54) is 18.1 Å². The van der Waals surface area contributed by atoms with Crippen LogP contribution in [0.2, 0.25) is 10.0 Å². The maximum atomic E-state index is 12.2. The van der Waals surface area contributed by atoms with Gasteiger partial charge in [0.2, 0.25) is 5.91 Å². The van der Waals surface area contributed by atoms with Crippen molar-refractivity contribution in [1.82, 2.24) is 4.90 Å². The highest BCUT2D eigenvalue weighted by Crippen LogP contribution is 2.26. The molecule has 0 aromatic heterocycles. The Hall–Kier alpha value is -2.50. The van der Waals surface area contributed by atoms with Gasteiger partial charge in [-0.25, -0.2) is 0 Å². The molecule has 2 aromatic rings. The molecular weight excluding hydrogens is 375 g/mol. The fourth-order valence-corrected chi connectivity index (χ4v) is 2.47. The number of anilines is 1. The van der Waals surface area contributed by atoms with E-state index in [0.29, 0.717) is 27.0 Å². The van der Waals surface area contributed by atoms with E-state index in [-0.39, 0.29) is 11.8 Å². The molecular formula is C19H18Cl2N2O3. The van der Waals surface area contributed by atoms with Crippen LogP contribution in [0.5, 0.6) is 5.75 Å². The van der Waals surface area contributed by atoms with Crippen molar-refractivity contribution < 1.29 is 14.3 Å². The number of nitrogens with one attached hydrogen (secondary N) is 1. The number of benzene rings is 2. The van der Waals surface area contributed by atoms with Crippen LogP contribution in [0.25, 0.3) is 6.08 Å². The summed E-state index contributed by atoms with van der Waals surface area (Å²) in [6.07, 6.45) is 2.97. The number of rotatable bonds is 5. The minimum atomic E-state index is -0.371. The van der Waals surface area contributed by atoms with Crippen molar-refractivity contribution in [1.29, 1.82) is 0 Å². The predicted molar refractivity (Wildman–Crippen MR) is 105 cm³/mol. The van der Waals surface area contributed by atoms with E-state index in [4.69, 9.17) is 27.9 Å². The SMILES string of the molecule is COc1ccc(C(=O)N(C)C)cc1NC(=O)/C=C/c1ccc(Cl)c(Cl)c1. The van der Waals surface area contributed by atoms with Crippen molar-refractivity contribution in [2.24, 2.45) is 0 Å². The maximum Gasteiger partial charge on any atom is 0.253 e. The Labute approximate surface area is 162 Å². The summed E-state index contributed by atoms with van der Waals surface area (Å²) in [5, 5.41) is 3.56. The van der Waals surface area contributed by atoms with Gasteiger partial charge in [-0.15, -0.1) is 0 Å². The van der Waals surface area contributed by atoms with Gasteiger partial charge in [0.1, 0.15) is 5.75 Å². The Bertz CT molecular complexity index is 864. The molecule has 26 heavy (non-hydrogen) atoms. The Morgan fingerprint density at radius 1 is 1.08 bits per heavy atom. The lowest BCUT2D eigenvalue weighted by Crippen LogP contribution is -2.22. The third-order valence-corrected chi connectivity index (χ3v) is 4.22. The first-order chi connectivity index (χ1) is 12.3. The molecule has 0 unspecified atom stereocenters. The van der Waals surface area contributed by atoms with Crippen LogP contribution in [0.4, 0.5) is 5.69 Å². The van der Waals surface area contributed by atoms with E-state index in [0.717, 1.165) is 5.56 Å². The minimum Gasteiger partial charge on any atom is -0.495 e. The molecule has 0 heterocycles. The number of methoxy groups -OCH3 is 1. The van der Waals surface area contributed by atoms with Gasteiger partial charge >= 0.3 is 0 Å². The van der Waals surface area contributed by atoms with E-state index >= 15 is 0 Å². The summed E-state index contributed by atoms with van der Waals surface area (Å²) in [6.45, 7) is 0. The van der Waals surface area contributed by atoms with Gasteiger partial charge in [0, 0.05) is 25.7 Å². The van der Waals surface area contributed by atoms with E-state index in [2.05, 4.69) is 5.32 Å². The number of nitrogens with zero attached hydrogens (tertiary/aromatic N) is 1. The molecule has 0 radical (unpaired) electrons. The van der Waals surface area contributed by atoms with Crippen molar-refractivity contribution in [3.8, 4) is 5.75 Å². The molecule has 0 saturated carbocycles. The van der Waals surface area contributed by atoms with Crippen LogP contribution >= 0.6 is 23.2 Å². The van der Waals surface area contributed by atoms with Crippen LogP contribution < -0.4 is 10.1 Å². The average Bonchev–Trinajstić information content (AvgIpc) is 2.62. The molecule has 0 spiro atoms. The minimum absolute atomic E-state index is 0.172. The zero-order valence-corrected chi connectivity index (χ0v) is 16.1. The van der Waals surface area contributed by atoms with E-state index in [1.807, 2.05) is 0 Å². The number of amides is 2. The highest BCUT2D eigenvalue weighted by molar-refractivity contribution is 6.42. The molecule has 1 N–H and O–H groups in total. The van der Waals surface area contributed by atoms with Gasteiger partial charge in [0.05, 0.1) is 22.8 Å². The van der Waals surface area contributed by atoms with Crippen molar-refractivity contribution in [3.05, 3.63) is 63.6 Å². The number of ether oxygens (including phenoxy) is 1.